The molecule has 144 valence electrons. The molecule has 1 fully saturated rings. The maximum atomic E-state index is 12.9. The average Bonchev–Trinajstić information content (AvgIpc) is 2.67. The van der Waals surface area contributed by atoms with Gasteiger partial charge in [-0.15, -0.1) is 0 Å². The number of carbonyl (C=O) groups excluding carboxylic acids is 1. The van der Waals surface area contributed by atoms with Crippen molar-refractivity contribution in [3.8, 4) is 0 Å². The molecule has 2 aromatic carbocycles. The fourth-order valence-electron chi connectivity index (χ4n) is 3.59. The first-order valence-corrected chi connectivity index (χ1v) is 11.1. The third kappa shape index (κ3) is 4.16. The van der Waals surface area contributed by atoms with Crippen molar-refractivity contribution in [2.24, 2.45) is 0 Å². The topological polar surface area (TPSA) is 57.7 Å². The number of carbonyl (C=O) groups is 1. The number of aryl methyl sites for hydroxylation is 2. The summed E-state index contributed by atoms with van der Waals surface area (Å²) in [5.74, 6) is -0.213. The van der Waals surface area contributed by atoms with Crippen LogP contribution in [0.2, 0.25) is 0 Å². The number of piperazine rings is 1. The SMILES string of the molecule is CCc1cc(C)ccc1N1CCN(C(=O)c2ccccc2S(C)(=O)=O)CC1. The van der Waals surface area contributed by atoms with Crippen LogP contribution in [-0.2, 0) is 16.3 Å². The molecule has 3 rings (SSSR count). The molecule has 5 nitrogen and oxygen atoms in total. The van der Waals surface area contributed by atoms with Crippen LogP contribution < -0.4 is 4.90 Å². The fraction of sp³-hybridized carbons (Fsp3) is 0.381. The third-order valence-electron chi connectivity index (χ3n) is 5.04. The minimum absolute atomic E-state index is 0.101. The highest BCUT2D eigenvalue weighted by atomic mass is 32.2. The largest absolute Gasteiger partial charge is 0.368 e. The van der Waals surface area contributed by atoms with E-state index in [9.17, 15) is 13.2 Å². The number of anilines is 1. The Balaban J connectivity index is 1.76. The standard InChI is InChI=1S/C21H26N2O3S/c1-4-17-15-16(2)9-10-19(17)22-11-13-23(14-12-22)21(24)18-7-5-6-8-20(18)27(3,25)26/h5-10,15H,4,11-14H2,1-3H3. The Morgan fingerprint density at radius 1 is 1.04 bits per heavy atom. The molecular formula is C21H26N2O3S. The van der Waals surface area contributed by atoms with Crippen LogP contribution in [0.25, 0.3) is 0 Å². The van der Waals surface area contributed by atoms with Crippen molar-refractivity contribution in [1.82, 2.24) is 4.90 Å². The lowest BCUT2D eigenvalue weighted by atomic mass is 10.1. The van der Waals surface area contributed by atoms with Gasteiger partial charge in [-0.3, -0.25) is 4.79 Å². The number of sulfone groups is 1. The van der Waals surface area contributed by atoms with E-state index in [1.807, 2.05) is 0 Å². The first-order chi connectivity index (χ1) is 12.8. The molecule has 1 aliphatic heterocycles. The zero-order chi connectivity index (χ0) is 19.6. The van der Waals surface area contributed by atoms with E-state index < -0.39 is 9.84 Å². The molecule has 6 heteroatoms. The van der Waals surface area contributed by atoms with E-state index in [4.69, 9.17) is 0 Å². The Bertz CT molecular complexity index is 946. The van der Waals surface area contributed by atoms with Crippen LogP contribution in [0.3, 0.4) is 0 Å². The fourth-order valence-corrected chi connectivity index (χ4v) is 4.47. The van der Waals surface area contributed by atoms with Crippen molar-refractivity contribution >= 4 is 21.4 Å². The molecule has 27 heavy (non-hydrogen) atoms. The Hall–Kier alpha value is -2.34. The molecule has 1 heterocycles. The second-order valence-electron chi connectivity index (χ2n) is 7.03. The minimum Gasteiger partial charge on any atom is -0.368 e. The van der Waals surface area contributed by atoms with Gasteiger partial charge >= 0.3 is 0 Å². The second kappa shape index (κ2) is 7.72. The summed E-state index contributed by atoms with van der Waals surface area (Å²) in [6, 6.07) is 12.9. The average molecular weight is 387 g/mol. The van der Waals surface area contributed by atoms with E-state index >= 15 is 0 Å². The molecule has 1 saturated heterocycles. The van der Waals surface area contributed by atoms with Gasteiger partial charge in [0.1, 0.15) is 0 Å². The zero-order valence-electron chi connectivity index (χ0n) is 16.1. The molecule has 0 aromatic heterocycles. The molecule has 0 bridgehead atoms. The second-order valence-corrected chi connectivity index (χ2v) is 9.02. The maximum absolute atomic E-state index is 12.9. The van der Waals surface area contributed by atoms with Crippen molar-refractivity contribution in [2.45, 2.75) is 25.2 Å². The number of hydrogen-bond acceptors (Lipinski definition) is 4. The summed E-state index contributed by atoms with van der Waals surface area (Å²) in [7, 11) is -3.44. The number of hydrogen-bond donors (Lipinski definition) is 0. The van der Waals surface area contributed by atoms with Crippen LogP contribution in [0.5, 0.6) is 0 Å². The smallest absolute Gasteiger partial charge is 0.255 e. The zero-order valence-corrected chi connectivity index (χ0v) is 16.9. The number of amides is 1. The van der Waals surface area contributed by atoms with Gasteiger partial charge in [0.2, 0.25) is 0 Å². The van der Waals surface area contributed by atoms with E-state index in [1.54, 1.807) is 23.1 Å². The summed E-state index contributed by atoms with van der Waals surface area (Å²) in [5.41, 5.74) is 4.06. The van der Waals surface area contributed by atoms with Gasteiger partial charge in [0.25, 0.3) is 5.91 Å². The van der Waals surface area contributed by atoms with Gasteiger partial charge in [0, 0.05) is 38.1 Å². The Labute approximate surface area is 161 Å². The van der Waals surface area contributed by atoms with Crippen molar-refractivity contribution in [3.05, 3.63) is 59.2 Å². The van der Waals surface area contributed by atoms with Gasteiger partial charge in [-0.1, -0.05) is 36.8 Å². The molecule has 1 amide bonds. The predicted octanol–water partition coefficient (Wildman–Crippen LogP) is 2.92. The van der Waals surface area contributed by atoms with E-state index in [-0.39, 0.29) is 16.4 Å². The highest BCUT2D eigenvalue weighted by Crippen LogP contribution is 2.25. The van der Waals surface area contributed by atoms with Crippen LogP contribution in [-0.4, -0.2) is 51.7 Å². The lowest BCUT2D eigenvalue weighted by Crippen LogP contribution is -2.49. The van der Waals surface area contributed by atoms with Crippen LogP contribution in [0.15, 0.2) is 47.4 Å². The Morgan fingerprint density at radius 2 is 1.70 bits per heavy atom. The summed E-state index contributed by atoms with van der Waals surface area (Å²) in [6.07, 6.45) is 2.11. The molecule has 0 spiro atoms. The van der Waals surface area contributed by atoms with Gasteiger partial charge in [0.05, 0.1) is 10.5 Å². The van der Waals surface area contributed by atoms with Gasteiger partial charge < -0.3 is 9.80 Å². The Morgan fingerprint density at radius 3 is 2.33 bits per heavy atom. The minimum atomic E-state index is -3.44. The summed E-state index contributed by atoms with van der Waals surface area (Å²) >= 11 is 0. The highest BCUT2D eigenvalue weighted by Gasteiger charge is 2.26. The lowest BCUT2D eigenvalue weighted by Gasteiger charge is -2.37. The van der Waals surface area contributed by atoms with E-state index in [1.165, 1.54) is 22.9 Å². The summed E-state index contributed by atoms with van der Waals surface area (Å²) < 4.78 is 24.0. The molecule has 0 radical (unpaired) electrons. The van der Waals surface area contributed by atoms with Crippen LogP contribution in [0.4, 0.5) is 5.69 Å². The van der Waals surface area contributed by atoms with Gasteiger partial charge in [-0.05, 0) is 37.1 Å². The Kier molecular flexibility index (Phi) is 5.56. The van der Waals surface area contributed by atoms with Gasteiger partial charge in [0.15, 0.2) is 9.84 Å². The van der Waals surface area contributed by atoms with E-state index in [2.05, 4.69) is 36.9 Å². The lowest BCUT2D eigenvalue weighted by molar-refractivity contribution is 0.0743. The monoisotopic (exact) mass is 386 g/mol. The van der Waals surface area contributed by atoms with Crippen LogP contribution in [0, 0.1) is 6.92 Å². The summed E-state index contributed by atoms with van der Waals surface area (Å²) in [4.78, 5) is 17.1. The van der Waals surface area contributed by atoms with Gasteiger partial charge in [-0.2, -0.15) is 0 Å². The quantitative estimate of drug-likeness (QED) is 0.811. The number of rotatable bonds is 4. The molecule has 0 saturated carbocycles. The van der Waals surface area contributed by atoms with Crippen molar-refractivity contribution in [2.75, 3.05) is 37.3 Å². The molecule has 0 N–H and O–H groups in total. The first-order valence-electron chi connectivity index (χ1n) is 9.24. The van der Waals surface area contributed by atoms with E-state index in [0.29, 0.717) is 13.1 Å². The molecular weight excluding hydrogens is 360 g/mol. The predicted molar refractivity (Wildman–Crippen MR) is 108 cm³/mol. The maximum Gasteiger partial charge on any atom is 0.255 e. The number of benzene rings is 2. The number of nitrogens with zero attached hydrogens (tertiary/aromatic N) is 2. The molecule has 0 unspecified atom stereocenters. The van der Waals surface area contributed by atoms with Gasteiger partial charge in [-0.25, -0.2) is 8.42 Å². The molecule has 1 aliphatic rings. The third-order valence-corrected chi connectivity index (χ3v) is 6.20. The van der Waals surface area contributed by atoms with Crippen LogP contribution in [0.1, 0.15) is 28.4 Å². The van der Waals surface area contributed by atoms with Crippen molar-refractivity contribution < 1.29 is 13.2 Å². The normalized spacial score (nSPS) is 15.1. The summed E-state index contributed by atoms with van der Waals surface area (Å²) in [6.45, 7) is 6.88. The molecule has 0 aliphatic carbocycles. The van der Waals surface area contributed by atoms with E-state index in [0.717, 1.165) is 25.8 Å². The summed E-state index contributed by atoms with van der Waals surface area (Å²) in [5, 5.41) is 0. The first kappa shape index (κ1) is 19.4. The van der Waals surface area contributed by atoms with Crippen LogP contribution >= 0.6 is 0 Å². The van der Waals surface area contributed by atoms with Crippen molar-refractivity contribution in [3.63, 3.8) is 0 Å². The highest BCUT2D eigenvalue weighted by molar-refractivity contribution is 7.90. The van der Waals surface area contributed by atoms with Crippen molar-refractivity contribution in [1.29, 1.82) is 0 Å². The molecule has 2 aromatic rings. The molecule has 0 atom stereocenters.